The SMILES string of the molecule is CCc1ccc(CN2C[C@H](C(C)C)NC2=O)cc1. The lowest BCUT2D eigenvalue weighted by molar-refractivity contribution is 0.215. The Kier molecular flexibility index (Phi) is 3.90. The van der Waals surface area contributed by atoms with Gasteiger partial charge in [0.1, 0.15) is 0 Å². The first-order valence-electron chi connectivity index (χ1n) is 6.73. The van der Waals surface area contributed by atoms with Gasteiger partial charge in [-0.1, -0.05) is 45.0 Å². The molecular formula is C15H22N2O. The Morgan fingerprint density at radius 2 is 1.89 bits per heavy atom. The van der Waals surface area contributed by atoms with Gasteiger partial charge in [0, 0.05) is 13.1 Å². The molecule has 1 aromatic rings. The van der Waals surface area contributed by atoms with Gasteiger partial charge in [-0.3, -0.25) is 0 Å². The van der Waals surface area contributed by atoms with E-state index in [1.165, 1.54) is 11.1 Å². The third kappa shape index (κ3) is 2.84. The number of rotatable bonds is 4. The first-order chi connectivity index (χ1) is 8.60. The molecule has 0 unspecified atom stereocenters. The van der Waals surface area contributed by atoms with Crippen molar-refractivity contribution in [3.8, 4) is 0 Å². The molecule has 3 nitrogen and oxygen atoms in total. The second-order valence-corrected chi connectivity index (χ2v) is 5.35. The van der Waals surface area contributed by atoms with Gasteiger partial charge in [-0.15, -0.1) is 0 Å². The van der Waals surface area contributed by atoms with Crippen LogP contribution in [0, 0.1) is 5.92 Å². The molecule has 0 aliphatic carbocycles. The van der Waals surface area contributed by atoms with E-state index in [-0.39, 0.29) is 12.1 Å². The fourth-order valence-corrected chi connectivity index (χ4v) is 2.23. The van der Waals surface area contributed by atoms with Crippen LogP contribution in [-0.2, 0) is 13.0 Å². The van der Waals surface area contributed by atoms with E-state index < -0.39 is 0 Å². The molecule has 1 saturated heterocycles. The lowest BCUT2D eigenvalue weighted by Crippen LogP contribution is -2.31. The second-order valence-electron chi connectivity index (χ2n) is 5.35. The third-order valence-electron chi connectivity index (χ3n) is 3.62. The minimum absolute atomic E-state index is 0.0632. The summed E-state index contributed by atoms with van der Waals surface area (Å²) in [5, 5.41) is 3.03. The number of nitrogens with one attached hydrogen (secondary N) is 1. The van der Waals surface area contributed by atoms with Crippen LogP contribution in [0.2, 0.25) is 0 Å². The zero-order chi connectivity index (χ0) is 13.1. The first kappa shape index (κ1) is 12.9. The van der Waals surface area contributed by atoms with Crippen LogP contribution in [0.25, 0.3) is 0 Å². The maximum atomic E-state index is 11.8. The van der Waals surface area contributed by atoms with Crippen molar-refractivity contribution >= 4 is 6.03 Å². The Morgan fingerprint density at radius 3 is 2.39 bits per heavy atom. The maximum Gasteiger partial charge on any atom is 0.318 e. The number of hydrogen-bond acceptors (Lipinski definition) is 1. The van der Waals surface area contributed by atoms with Crippen molar-refractivity contribution in [1.82, 2.24) is 10.2 Å². The van der Waals surface area contributed by atoms with E-state index in [0.29, 0.717) is 12.5 Å². The summed E-state index contributed by atoms with van der Waals surface area (Å²) >= 11 is 0. The van der Waals surface area contributed by atoms with Crippen LogP contribution in [0.4, 0.5) is 4.79 Å². The van der Waals surface area contributed by atoms with E-state index in [1.807, 2.05) is 4.90 Å². The number of carbonyl (C=O) groups is 1. The Hall–Kier alpha value is -1.51. The van der Waals surface area contributed by atoms with E-state index >= 15 is 0 Å². The Bertz CT molecular complexity index is 411. The number of urea groups is 1. The molecule has 2 rings (SSSR count). The van der Waals surface area contributed by atoms with Crippen LogP contribution in [0.1, 0.15) is 31.9 Å². The normalized spacial score (nSPS) is 19.4. The quantitative estimate of drug-likeness (QED) is 0.870. The Labute approximate surface area is 109 Å². The summed E-state index contributed by atoms with van der Waals surface area (Å²) < 4.78 is 0. The predicted molar refractivity (Wildman–Crippen MR) is 73.4 cm³/mol. The van der Waals surface area contributed by atoms with E-state index in [4.69, 9.17) is 0 Å². The molecule has 0 aromatic heterocycles. The molecule has 2 amide bonds. The van der Waals surface area contributed by atoms with Crippen LogP contribution in [0.3, 0.4) is 0 Å². The fraction of sp³-hybridized carbons (Fsp3) is 0.533. The molecule has 1 aliphatic rings. The molecule has 1 N–H and O–H groups in total. The summed E-state index contributed by atoms with van der Waals surface area (Å²) in [5.74, 6) is 0.487. The van der Waals surface area contributed by atoms with Crippen molar-refractivity contribution < 1.29 is 4.79 Å². The highest BCUT2D eigenvalue weighted by Crippen LogP contribution is 2.15. The van der Waals surface area contributed by atoms with Crippen LogP contribution in [0.15, 0.2) is 24.3 Å². The minimum Gasteiger partial charge on any atom is -0.333 e. The summed E-state index contributed by atoms with van der Waals surface area (Å²) in [6.45, 7) is 7.95. The van der Waals surface area contributed by atoms with Crippen LogP contribution in [0.5, 0.6) is 0 Å². The molecule has 1 aliphatic heterocycles. The van der Waals surface area contributed by atoms with Crippen molar-refractivity contribution in [3.63, 3.8) is 0 Å². The number of amides is 2. The third-order valence-corrected chi connectivity index (χ3v) is 3.62. The van der Waals surface area contributed by atoms with Crippen LogP contribution < -0.4 is 5.32 Å². The maximum absolute atomic E-state index is 11.8. The summed E-state index contributed by atoms with van der Waals surface area (Å²) in [7, 11) is 0. The molecule has 1 fully saturated rings. The molecule has 0 radical (unpaired) electrons. The van der Waals surface area contributed by atoms with Gasteiger partial charge in [-0.05, 0) is 23.5 Å². The van der Waals surface area contributed by atoms with Crippen LogP contribution in [-0.4, -0.2) is 23.5 Å². The monoisotopic (exact) mass is 246 g/mol. The van der Waals surface area contributed by atoms with Crippen LogP contribution >= 0.6 is 0 Å². The largest absolute Gasteiger partial charge is 0.333 e. The van der Waals surface area contributed by atoms with Gasteiger partial charge < -0.3 is 10.2 Å². The molecule has 1 aromatic carbocycles. The van der Waals surface area contributed by atoms with Crippen molar-refractivity contribution in [3.05, 3.63) is 35.4 Å². The minimum atomic E-state index is 0.0632. The Balaban J connectivity index is 1.98. The topological polar surface area (TPSA) is 32.3 Å². The molecule has 18 heavy (non-hydrogen) atoms. The molecule has 1 atom stereocenters. The number of hydrogen-bond donors (Lipinski definition) is 1. The average Bonchev–Trinajstić information content (AvgIpc) is 2.72. The molecule has 1 heterocycles. The zero-order valence-electron chi connectivity index (χ0n) is 11.4. The van der Waals surface area contributed by atoms with Gasteiger partial charge in [0.15, 0.2) is 0 Å². The van der Waals surface area contributed by atoms with Crippen molar-refractivity contribution in [2.24, 2.45) is 5.92 Å². The van der Waals surface area contributed by atoms with Crippen molar-refractivity contribution in [1.29, 1.82) is 0 Å². The van der Waals surface area contributed by atoms with Crippen molar-refractivity contribution in [2.45, 2.75) is 39.8 Å². The molecule has 0 saturated carbocycles. The highest BCUT2D eigenvalue weighted by molar-refractivity contribution is 5.76. The molecular weight excluding hydrogens is 224 g/mol. The highest BCUT2D eigenvalue weighted by atomic mass is 16.2. The highest BCUT2D eigenvalue weighted by Gasteiger charge is 2.30. The average molecular weight is 246 g/mol. The summed E-state index contributed by atoms with van der Waals surface area (Å²) in [6, 6.07) is 8.87. The summed E-state index contributed by atoms with van der Waals surface area (Å²) in [5.41, 5.74) is 2.54. The molecule has 0 spiro atoms. The number of nitrogens with zero attached hydrogens (tertiary/aromatic N) is 1. The second kappa shape index (κ2) is 5.42. The number of aryl methyl sites for hydroxylation is 1. The first-order valence-corrected chi connectivity index (χ1v) is 6.73. The van der Waals surface area contributed by atoms with Gasteiger partial charge in [-0.25, -0.2) is 4.79 Å². The van der Waals surface area contributed by atoms with Gasteiger partial charge in [0.2, 0.25) is 0 Å². The Morgan fingerprint density at radius 1 is 1.28 bits per heavy atom. The van der Waals surface area contributed by atoms with E-state index in [0.717, 1.165) is 13.0 Å². The van der Waals surface area contributed by atoms with Gasteiger partial charge >= 0.3 is 6.03 Å². The summed E-state index contributed by atoms with van der Waals surface area (Å²) in [6.07, 6.45) is 1.06. The number of carbonyl (C=O) groups excluding carboxylic acids is 1. The predicted octanol–water partition coefficient (Wildman–Crippen LogP) is 2.80. The fourth-order valence-electron chi connectivity index (χ4n) is 2.23. The molecule has 3 heteroatoms. The molecule has 0 bridgehead atoms. The summed E-state index contributed by atoms with van der Waals surface area (Å²) in [4.78, 5) is 13.7. The van der Waals surface area contributed by atoms with E-state index in [1.54, 1.807) is 0 Å². The van der Waals surface area contributed by atoms with Crippen molar-refractivity contribution in [2.75, 3.05) is 6.54 Å². The number of benzene rings is 1. The lowest BCUT2D eigenvalue weighted by atomic mass is 10.1. The van der Waals surface area contributed by atoms with E-state index in [9.17, 15) is 4.79 Å². The van der Waals surface area contributed by atoms with E-state index in [2.05, 4.69) is 50.4 Å². The van der Waals surface area contributed by atoms with Gasteiger partial charge in [0.25, 0.3) is 0 Å². The lowest BCUT2D eigenvalue weighted by Gasteiger charge is -2.16. The standard InChI is InChI=1S/C15H22N2O/c1-4-12-5-7-13(8-6-12)9-17-10-14(11(2)3)16-15(17)18/h5-8,11,14H,4,9-10H2,1-3H3,(H,16,18)/t14-/m1/s1. The van der Waals surface area contributed by atoms with Gasteiger partial charge in [0.05, 0.1) is 6.04 Å². The van der Waals surface area contributed by atoms with Gasteiger partial charge in [-0.2, -0.15) is 0 Å². The smallest absolute Gasteiger partial charge is 0.318 e. The molecule has 98 valence electrons. The zero-order valence-corrected chi connectivity index (χ0v) is 11.4.